The van der Waals surface area contributed by atoms with Crippen molar-refractivity contribution in [3.8, 4) is 5.75 Å². The molecule has 0 saturated carbocycles. The smallest absolute Gasteiger partial charge is 0.412 e. The molecule has 0 bridgehead atoms. The second-order valence-corrected chi connectivity index (χ2v) is 7.18. The molecule has 0 fully saturated rings. The summed E-state index contributed by atoms with van der Waals surface area (Å²) in [6, 6.07) is 12.2. The van der Waals surface area contributed by atoms with Gasteiger partial charge in [-0.05, 0) is 56.5 Å². The van der Waals surface area contributed by atoms with Gasteiger partial charge in [-0.2, -0.15) is 0 Å². The van der Waals surface area contributed by atoms with Crippen LogP contribution >= 0.6 is 15.9 Å². The molecular formula is C21H22BrNO5. The molecule has 2 aromatic carbocycles. The van der Waals surface area contributed by atoms with Crippen LogP contribution in [0.25, 0.3) is 0 Å². The van der Waals surface area contributed by atoms with E-state index in [1.807, 2.05) is 19.1 Å². The van der Waals surface area contributed by atoms with Crippen LogP contribution in [0.1, 0.15) is 36.5 Å². The molecule has 0 aliphatic heterocycles. The minimum absolute atomic E-state index is 0.0254. The lowest BCUT2D eigenvalue weighted by atomic mass is 10.0. The number of rotatable bonds is 8. The predicted molar refractivity (Wildman–Crippen MR) is 110 cm³/mol. The van der Waals surface area contributed by atoms with E-state index in [0.717, 1.165) is 16.1 Å². The highest BCUT2D eigenvalue weighted by Gasteiger charge is 2.20. The fraction of sp³-hybridized carbons (Fsp3) is 0.238. The fourth-order valence-electron chi connectivity index (χ4n) is 2.58. The maximum Gasteiger partial charge on any atom is 0.412 e. The summed E-state index contributed by atoms with van der Waals surface area (Å²) < 4.78 is 6.31. The molecule has 0 aliphatic rings. The summed E-state index contributed by atoms with van der Waals surface area (Å²) in [5.74, 6) is -0.979. The number of amides is 1. The lowest BCUT2D eigenvalue weighted by molar-refractivity contribution is -0.131. The molecule has 0 heterocycles. The Morgan fingerprint density at radius 3 is 2.61 bits per heavy atom. The normalized spacial score (nSPS) is 11.9. The van der Waals surface area contributed by atoms with Crippen LogP contribution in [0.2, 0.25) is 0 Å². The number of halogens is 1. The summed E-state index contributed by atoms with van der Waals surface area (Å²) in [7, 11) is 0. The number of phenolic OH excluding ortho intramolecular Hbond substituents is 1. The highest BCUT2D eigenvalue weighted by Crippen LogP contribution is 2.33. The molecule has 0 saturated heterocycles. The van der Waals surface area contributed by atoms with Gasteiger partial charge in [-0.3, -0.25) is 5.32 Å². The van der Waals surface area contributed by atoms with Crippen LogP contribution < -0.4 is 5.32 Å². The van der Waals surface area contributed by atoms with E-state index in [0.29, 0.717) is 30.5 Å². The first-order valence-corrected chi connectivity index (χ1v) is 9.56. The van der Waals surface area contributed by atoms with Crippen LogP contribution in [0.3, 0.4) is 0 Å². The lowest BCUT2D eigenvalue weighted by Gasteiger charge is -2.20. The molecule has 0 aromatic heterocycles. The third-order valence-corrected chi connectivity index (χ3v) is 4.47. The zero-order chi connectivity index (χ0) is 20.5. The number of nitrogens with one attached hydrogen (secondary N) is 1. The highest BCUT2D eigenvalue weighted by molar-refractivity contribution is 9.10. The van der Waals surface area contributed by atoms with E-state index in [4.69, 9.17) is 9.84 Å². The number of aryl methyl sites for hydroxylation is 1. The Morgan fingerprint density at radius 2 is 1.93 bits per heavy atom. The van der Waals surface area contributed by atoms with Crippen molar-refractivity contribution in [2.75, 3.05) is 5.32 Å². The molecule has 0 spiro atoms. The third kappa shape index (κ3) is 7.08. The van der Waals surface area contributed by atoms with Gasteiger partial charge in [-0.15, -0.1) is 0 Å². The van der Waals surface area contributed by atoms with E-state index in [1.54, 1.807) is 30.3 Å². The number of hydrogen-bond acceptors (Lipinski definition) is 4. The number of carboxylic acids is 1. The van der Waals surface area contributed by atoms with E-state index < -0.39 is 18.2 Å². The Kier molecular flexibility index (Phi) is 8.07. The number of carbonyl (C=O) groups excluding carboxylic acids is 1. The van der Waals surface area contributed by atoms with Gasteiger partial charge in [0.15, 0.2) is 0 Å². The van der Waals surface area contributed by atoms with Crippen molar-refractivity contribution in [1.29, 1.82) is 0 Å². The fourth-order valence-corrected chi connectivity index (χ4v) is 2.96. The summed E-state index contributed by atoms with van der Waals surface area (Å²) in [6.07, 6.45) is 2.84. The standard InChI is InChI=1S/C21H22BrNO5/c1-14-7-10-16(11-8-14)23-21(27)28-19(5-3-2-4-6-20(25)26)17-13-15(22)9-12-18(17)24/h4,6-13,19,24H,2-3,5H2,1H3,(H,23,27)(H,25,26)/b6-4+/t19-/m1/s1. The summed E-state index contributed by atoms with van der Waals surface area (Å²) in [5, 5.41) is 21.5. The molecule has 2 rings (SSSR count). The third-order valence-electron chi connectivity index (χ3n) is 3.98. The maximum atomic E-state index is 12.3. The first kappa shape index (κ1) is 21.5. The van der Waals surface area contributed by atoms with Gasteiger partial charge in [0.05, 0.1) is 0 Å². The van der Waals surface area contributed by atoms with Crippen molar-refractivity contribution >= 4 is 33.7 Å². The number of ether oxygens (including phenoxy) is 1. The van der Waals surface area contributed by atoms with Crippen LogP contribution in [0.4, 0.5) is 10.5 Å². The topological polar surface area (TPSA) is 95.9 Å². The molecule has 0 aliphatic carbocycles. The number of unbranched alkanes of at least 4 members (excludes halogenated alkanes) is 1. The van der Waals surface area contributed by atoms with Crippen LogP contribution in [-0.2, 0) is 9.53 Å². The SMILES string of the molecule is Cc1ccc(NC(=O)O[C@H](CCC/C=C/C(=O)O)c2cc(Br)ccc2O)cc1. The summed E-state index contributed by atoms with van der Waals surface area (Å²) in [5.41, 5.74) is 2.16. The van der Waals surface area contributed by atoms with E-state index in [2.05, 4.69) is 21.2 Å². The first-order valence-electron chi connectivity index (χ1n) is 8.77. The van der Waals surface area contributed by atoms with Gasteiger partial charge in [0.25, 0.3) is 0 Å². The van der Waals surface area contributed by atoms with Crippen molar-refractivity contribution in [3.05, 3.63) is 70.2 Å². The number of hydrogen-bond donors (Lipinski definition) is 3. The molecule has 0 unspecified atom stereocenters. The minimum Gasteiger partial charge on any atom is -0.508 e. The molecular weight excluding hydrogens is 426 g/mol. The van der Waals surface area contributed by atoms with Crippen LogP contribution in [0.15, 0.2) is 59.1 Å². The molecule has 0 radical (unpaired) electrons. The average Bonchev–Trinajstić information content (AvgIpc) is 2.64. The average molecular weight is 448 g/mol. The molecule has 1 amide bonds. The Balaban J connectivity index is 2.08. The van der Waals surface area contributed by atoms with Gasteiger partial charge in [-0.25, -0.2) is 9.59 Å². The number of phenols is 1. The monoisotopic (exact) mass is 447 g/mol. The number of allylic oxidation sites excluding steroid dienone is 1. The Hall–Kier alpha value is -2.80. The van der Waals surface area contributed by atoms with Gasteiger partial charge in [0.1, 0.15) is 11.9 Å². The van der Waals surface area contributed by atoms with E-state index >= 15 is 0 Å². The molecule has 6 nitrogen and oxygen atoms in total. The van der Waals surface area contributed by atoms with Crippen LogP contribution in [0, 0.1) is 6.92 Å². The minimum atomic E-state index is -1.00. The number of carboxylic acid groups (broad SMARTS) is 1. The number of carbonyl (C=O) groups is 2. The molecule has 148 valence electrons. The highest BCUT2D eigenvalue weighted by atomic mass is 79.9. The molecule has 28 heavy (non-hydrogen) atoms. The van der Waals surface area contributed by atoms with Crippen LogP contribution in [0.5, 0.6) is 5.75 Å². The second kappa shape index (κ2) is 10.5. The quantitative estimate of drug-likeness (QED) is 0.363. The molecule has 3 N–H and O–H groups in total. The van der Waals surface area contributed by atoms with Crippen molar-refractivity contribution in [2.45, 2.75) is 32.3 Å². The zero-order valence-electron chi connectivity index (χ0n) is 15.4. The summed E-state index contributed by atoms with van der Waals surface area (Å²) >= 11 is 3.36. The summed E-state index contributed by atoms with van der Waals surface area (Å²) in [4.78, 5) is 22.9. The van der Waals surface area contributed by atoms with Crippen LogP contribution in [-0.4, -0.2) is 22.3 Å². The van der Waals surface area contributed by atoms with Crippen molar-refractivity contribution in [1.82, 2.24) is 0 Å². The largest absolute Gasteiger partial charge is 0.508 e. The van der Waals surface area contributed by atoms with Crippen molar-refractivity contribution in [2.24, 2.45) is 0 Å². The zero-order valence-corrected chi connectivity index (χ0v) is 17.0. The van der Waals surface area contributed by atoms with Gasteiger partial charge in [0, 0.05) is 21.8 Å². The lowest BCUT2D eigenvalue weighted by Crippen LogP contribution is -2.18. The number of anilines is 1. The number of aliphatic carboxylic acids is 1. The van der Waals surface area contributed by atoms with Gasteiger partial charge < -0.3 is 14.9 Å². The van der Waals surface area contributed by atoms with Gasteiger partial charge in [-0.1, -0.05) is 39.7 Å². The predicted octanol–water partition coefficient (Wildman–Crippen LogP) is 5.56. The summed E-state index contributed by atoms with van der Waals surface area (Å²) in [6.45, 7) is 1.95. The van der Waals surface area contributed by atoms with Crippen molar-refractivity contribution < 1.29 is 24.5 Å². The number of aromatic hydroxyl groups is 1. The number of benzene rings is 2. The van der Waals surface area contributed by atoms with E-state index in [-0.39, 0.29) is 5.75 Å². The van der Waals surface area contributed by atoms with Gasteiger partial charge >= 0.3 is 12.1 Å². The van der Waals surface area contributed by atoms with E-state index in [1.165, 1.54) is 6.07 Å². The second-order valence-electron chi connectivity index (χ2n) is 6.26. The Morgan fingerprint density at radius 1 is 1.21 bits per heavy atom. The maximum absolute atomic E-state index is 12.3. The van der Waals surface area contributed by atoms with Crippen molar-refractivity contribution in [3.63, 3.8) is 0 Å². The Bertz CT molecular complexity index is 848. The Labute approximate surface area is 172 Å². The van der Waals surface area contributed by atoms with E-state index in [9.17, 15) is 14.7 Å². The molecule has 2 aromatic rings. The molecule has 7 heteroatoms. The first-order chi connectivity index (χ1) is 13.3. The van der Waals surface area contributed by atoms with Gasteiger partial charge in [0.2, 0.25) is 0 Å². The molecule has 1 atom stereocenters.